The number of anilines is 1. The van der Waals surface area contributed by atoms with Crippen LogP contribution in [0.2, 0.25) is 0 Å². The van der Waals surface area contributed by atoms with Crippen molar-refractivity contribution in [3.8, 4) is 0 Å². The minimum absolute atomic E-state index is 0.0221. The summed E-state index contributed by atoms with van der Waals surface area (Å²) in [6.07, 6.45) is 3.27. The second-order valence-corrected chi connectivity index (χ2v) is 7.50. The molecule has 0 spiro atoms. The standard InChI is InChI=1S/C15H17N5O4S/c1-12-13(20(21)22)4-2-5-14(12)25(23,24)19-10-8-18(9-11-19)15-16-6-3-7-17-15/h2-7H,8-11H2,1H3. The highest BCUT2D eigenvalue weighted by atomic mass is 32.2. The number of aromatic nitrogens is 2. The molecule has 0 saturated carbocycles. The third-order valence-corrected chi connectivity index (χ3v) is 6.19. The summed E-state index contributed by atoms with van der Waals surface area (Å²) >= 11 is 0. The van der Waals surface area contributed by atoms with E-state index in [1.54, 1.807) is 18.5 Å². The maximum absolute atomic E-state index is 12.9. The highest BCUT2D eigenvalue weighted by Gasteiger charge is 2.32. The second kappa shape index (κ2) is 6.73. The number of benzene rings is 1. The van der Waals surface area contributed by atoms with Crippen LogP contribution >= 0.6 is 0 Å². The third kappa shape index (κ3) is 3.30. The molecule has 2 aromatic rings. The van der Waals surface area contributed by atoms with Gasteiger partial charge in [-0.25, -0.2) is 18.4 Å². The first-order valence-electron chi connectivity index (χ1n) is 7.67. The molecule has 1 saturated heterocycles. The molecule has 0 aliphatic carbocycles. The van der Waals surface area contributed by atoms with E-state index in [-0.39, 0.29) is 29.2 Å². The Labute approximate surface area is 145 Å². The minimum Gasteiger partial charge on any atom is -0.338 e. The summed E-state index contributed by atoms with van der Waals surface area (Å²) in [6, 6.07) is 5.82. The molecule has 1 aliphatic heterocycles. The quantitative estimate of drug-likeness (QED) is 0.593. The number of rotatable bonds is 4. The van der Waals surface area contributed by atoms with E-state index >= 15 is 0 Å². The number of hydrogen-bond acceptors (Lipinski definition) is 7. The van der Waals surface area contributed by atoms with Gasteiger partial charge in [-0.1, -0.05) is 6.07 Å². The van der Waals surface area contributed by atoms with Gasteiger partial charge in [0.05, 0.1) is 9.82 Å². The number of sulfonamides is 1. The molecule has 2 heterocycles. The van der Waals surface area contributed by atoms with Gasteiger partial charge in [-0.15, -0.1) is 0 Å². The van der Waals surface area contributed by atoms with Crippen molar-refractivity contribution in [1.82, 2.24) is 14.3 Å². The summed E-state index contributed by atoms with van der Waals surface area (Å²) in [5.41, 5.74) is -0.0429. The predicted molar refractivity (Wildman–Crippen MR) is 90.8 cm³/mol. The average Bonchev–Trinajstić information content (AvgIpc) is 2.62. The molecule has 1 aliphatic rings. The zero-order chi connectivity index (χ0) is 18.0. The van der Waals surface area contributed by atoms with E-state index in [1.807, 2.05) is 4.90 Å². The molecule has 1 aromatic carbocycles. The molecule has 0 bridgehead atoms. The zero-order valence-corrected chi connectivity index (χ0v) is 14.4. The first-order valence-corrected chi connectivity index (χ1v) is 9.11. The summed E-state index contributed by atoms with van der Waals surface area (Å²) in [5, 5.41) is 11.1. The maximum Gasteiger partial charge on any atom is 0.273 e. The first kappa shape index (κ1) is 17.2. The molecule has 0 radical (unpaired) electrons. The summed E-state index contributed by atoms with van der Waals surface area (Å²) in [6.45, 7) is 2.90. The van der Waals surface area contributed by atoms with Crippen LogP contribution in [0.4, 0.5) is 11.6 Å². The van der Waals surface area contributed by atoms with Gasteiger partial charge in [-0.2, -0.15) is 4.31 Å². The molecular formula is C15H17N5O4S. The lowest BCUT2D eigenvalue weighted by atomic mass is 10.2. The van der Waals surface area contributed by atoms with Crippen LogP contribution in [0.15, 0.2) is 41.6 Å². The molecule has 0 unspecified atom stereocenters. The maximum atomic E-state index is 12.9. The molecular weight excluding hydrogens is 346 g/mol. The molecule has 0 atom stereocenters. The summed E-state index contributed by atoms with van der Waals surface area (Å²) in [7, 11) is -3.79. The Bertz CT molecular complexity index is 880. The molecule has 0 amide bonds. The van der Waals surface area contributed by atoms with E-state index in [0.29, 0.717) is 19.0 Å². The molecule has 9 nitrogen and oxygen atoms in total. The van der Waals surface area contributed by atoms with Crippen LogP contribution in [0.3, 0.4) is 0 Å². The summed E-state index contributed by atoms with van der Waals surface area (Å²) in [4.78, 5) is 20.7. The Morgan fingerprint density at radius 1 is 1.08 bits per heavy atom. The molecule has 1 fully saturated rings. The van der Waals surface area contributed by atoms with Gasteiger partial charge in [0.15, 0.2) is 0 Å². The van der Waals surface area contributed by atoms with E-state index in [4.69, 9.17) is 0 Å². The fourth-order valence-electron chi connectivity index (χ4n) is 2.80. The molecule has 1 aromatic heterocycles. The lowest BCUT2D eigenvalue weighted by Gasteiger charge is -2.34. The predicted octanol–water partition coefficient (Wildman–Crippen LogP) is 1.20. The SMILES string of the molecule is Cc1c([N+](=O)[O-])cccc1S(=O)(=O)N1CCN(c2ncccn2)CC1. The van der Waals surface area contributed by atoms with E-state index in [1.165, 1.54) is 29.4 Å². The van der Waals surface area contributed by atoms with Gasteiger partial charge < -0.3 is 4.90 Å². The molecule has 3 rings (SSSR count). The van der Waals surface area contributed by atoms with E-state index in [0.717, 1.165) is 0 Å². The number of piperazine rings is 1. The highest BCUT2D eigenvalue weighted by Crippen LogP contribution is 2.27. The van der Waals surface area contributed by atoms with Crippen molar-refractivity contribution in [3.05, 3.63) is 52.3 Å². The lowest BCUT2D eigenvalue weighted by Crippen LogP contribution is -2.49. The highest BCUT2D eigenvalue weighted by molar-refractivity contribution is 7.89. The van der Waals surface area contributed by atoms with Gasteiger partial charge >= 0.3 is 0 Å². The van der Waals surface area contributed by atoms with Crippen molar-refractivity contribution < 1.29 is 13.3 Å². The Hall–Kier alpha value is -2.59. The van der Waals surface area contributed by atoms with Crippen molar-refractivity contribution in [3.63, 3.8) is 0 Å². The lowest BCUT2D eigenvalue weighted by molar-refractivity contribution is -0.385. The Balaban J connectivity index is 1.81. The number of nitrogens with zero attached hydrogens (tertiary/aromatic N) is 5. The summed E-state index contributed by atoms with van der Waals surface area (Å²) in [5.74, 6) is 0.561. The smallest absolute Gasteiger partial charge is 0.273 e. The fraction of sp³-hybridized carbons (Fsp3) is 0.333. The van der Waals surface area contributed by atoms with E-state index in [9.17, 15) is 18.5 Å². The van der Waals surface area contributed by atoms with Crippen LogP contribution in [-0.2, 0) is 10.0 Å². The Morgan fingerprint density at radius 2 is 1.72 bits per heavy atom. The van der Waals surface area contributed by atoms with Crippen LogP contribution in [0.5, 0.6) is 0 Å². The van der Waals surface area contributed by atoms with Gasteiger partial charge in [0.2, 0.25) is 16.0 Å². The van der Waals surface area contributed by atoms with Crippen molar-refractivity contribution in [2.24, 2.45) is 0 Å². The van der Waals surface area contributed by atoms with Gasteiger partial charge in [0, 0.05) is 50.2 Å². The number of nitro groups is 1. The van der Waals surface area contributed by atoms with Gasteiger partial charge in [-0.05, 0) is 19.1 Å². The fourth-order valence-corrected chi connectivity index (χ4v) is 4.47. The average molecular weight is 363 g/mol. The van der Waals surface area contributed by atoms with Crippen molar-refractivity contribution in [2.75, 3.05) is 31.1 Å². The summed E-state index contributed by atoms with van der Waals surface area (Å²) < 4.78 is 27.1. The molecule has 0 N–H and O–H groups in total. The Kier molecular flexibility index (Phi) is 4.64. The molecule has 132 valence electrons. The first-order chi connectivity index (χ1) is 11.9. The van der Waals surface area contributed by atoms with Crippen molar-refractivity contribution in [1.29, 1.82) is 0 Å². The van der Waals surface area contributed by atoms with Gasteiger partial charge in [0.25, 0.3) is 5.69 Å². The van der Waals surface area contributed by atoms with Crippen LogP contribution in [0.1, 0.15) is 5.56 Å². The number of nitro benzene ring substituents is 1. The van der Waals surface area contributed by atoms with Gasteiger partial charge in [-0.3, -0.25) is 10.1 Å². The van der Waals surface area contributed by atoms with Crippen LogP contribution in [0.25, 0.3) is 0 Å². The zero-order valence-electron chi connectivity index (χ0n) is 13.6. The normalized spacial score (nSPS) is 16.0. The van der Waals surface area contributed by atoms with Crippen LogP contribution in [0, 0.1) is 17.0 Å². The number of hydrogen-bond donors (Lipinski definition) is 0. The van der Waals surface area contributed by atoms with Crippen LogP contribution in [-0.4, -0.2) is 53.8 Å². The van der Waals surface area contributed by atoms with Crippen molar-refractivity contribution in [2.45, 2.75) is 11.8 Å². The topological polar surface area (TPSA) is 110 Å². The largest absolute Gasteiger partial charge is 0.338 e. The molecule has 10 heteroatoms. The Morgan fingerprint density at radius 3 is 2.32 bits per heavy atom. The second-order valence-electron chi connectivity index (χ2n) is 5.60. The van der Waals surface area contributed by atoms with Gasteiger partial charge in [0.1, 0.15) is 0 Å². The van der Waals surface area contributed by atoms with E-state index in [2.05, 4.69) is 9.97 Å². The third-order valence-electron chi connectivity index (χ3n) is 4.14. The monoisotopic (exact) mass is 363 g/mol. The van der Waals surface area contributed by atoms with Crippen molar-refractivity contribution >= 4 is 21.7 Å². The minimum atomic E-state index is -3.79. The van der Waals surface area contributed by atoms with E-state index < -0.39 is 14.9 Å². The van der Waals surface area contributed by atoms with Crippen LogP contribution < -0.4 is 4.90 Å². The molecule has 25 heavy (non-hydrogen) atoms.